The van der Waals surface area contributed by atoms with Crippen LogP contribution in [0.4, 0.5) is 5.69 Å². The van der Waals surface area contributed by atoms with Crippen molar-refractivity contribution in [2.45, 2.75) is 90.6 Å². The van der Waals surface area contributed by atoms with E-state index in [1.807, 2.05) is 0 Å². The molecule has 0 heterocycles. The van der Waals surface area contributed by atoms with Gasteiger partial charge in [0.2, 0.25) is 5.91 Å². The second-order valence-corrected chi connectivity index (χ2v) is 9.70. The van der Waals surface area contributed by atoms with Gasteiger partial charge in [-0.25, -0.2) is 0 Å². The van der Waals surface area contributed by atoms with Crippen molar-refractivity contribution in [3.05, 3.63) is 58.7 Å². The summed E-state index contributed by atoms with van der Waals surface area (Å²) in [4.78, 5) is 12.8. The lowest BCUT2D eigenvalue weighted by Gasteiger charge is -2.16. The Kier molecular flexibility index (Phi) is 7.34. The van der Waals surface area contributed by atoms with E-state index in [1.54, 1.807) is 0 Å². The standard InChI is InChI=1S/C29H38N2O/c1-4-22(29(32)31-26-11-7-8-12-26)19-24-17-21(3)28(18-20(24)2)23-13-15-27(16-14-23)30-25-9-5-6-10-25/h13-19,25-26,30H,4-12H2,1-3H3,(H,31,32)/b22-19+. The zero-order chi connectivity index (χ0) is 22.5. The van der Waals surface area contributed by atoms with Gasteiger partial charge in [-0.3, -0.25) is 4.79 Å². The normalized spacial score (nSPS) is 17.7. The van der Waals surface area contributed by atoms with Crippen molar-refractivity contribution in [2.24, 2.45) is 0 Å². The number of carbonyl (C=O) groups is 1. The van der Waals surface area contributed by atoms with E-state index in [0.29, 0.717) is 12.1 Å². The molecule has 32 heavy (non-hydrogen) atoms. The van der Waals surface area contributed by atoms with Gasteiger partial charge in [-0.15, -0.1) is 0 Å². The molecule has 1 amide bonds. The first-order valence-electron chi connectivity index (χ1n) is 12.5. The van der Waals surface area contributed by atoms with Gasteiger partial charge < -0.3 is 10.6 Å². The molecule has 170 valence electrons. The SMILES string of the molecule is CC/C(=C\c1cc(C)c(-c2ccc(NC3CCCC3)cc2)cc1C)C(=O)NC1CCCC1. The summed E-state index contributed by atoms with van der Waals surface area (Å²) in [5.74, 6) is 0.103. The number of hydrogen-bond acceptors (Lipinski definition) is 2. The van der Waals surface area contributed by atoms with Crippen LogP contribution in [-0.2, 0) is 4.79 Å². The Hall–Kier alpha value is -2.55. The second-order valence-electron chi connectivity index (χ2n) is 9.70. The number of carbonyl (C=O) groups excluding carboxylic acids is 1. The van der Waals surface area contributed by atoms with E-state index in [2.05, 4.69) is 73.9 Å². The van der Waals surface area contributed by atoms with E-state index in [1.165, 1.54) is 66.5 Å². The molecule has 0 aromatic heterocycles. The molecular weight excluding hydrogens is 392 g/mol. The minimum absolute atomic E-state index is 0.103. The third-order valence-electron chi connectivity index (χ3n) is 7.23. The molecule has 2 saturated carbocycles. The lowest BCUT2D eigenvalue weighted by molar-refractivity contribution is -0.118. The van der Waals surface area contributed by atoms with Gasteiger partial charge in [-0.05, 0) is 92.0 Å². The van der Waals surface area contributed by atoms with E-state index in [9.17, 15) is 4.79 Å². The van der Waals surface area contributed by atoms with Crippen LogP contribution in [0.25, 0.3) is 17.2 Å². The average molecular weight is 431 g/mol. The van der Waals surface area contributed by atoms with Gasteiger partial charge in [0, 0.05) is 23.3 Å². The van der Waals surface area contributed by atoms with Crippen LogP contribution in [0.2, 0.25) is 0 Å². The van der Waals surface area contributed by atoms with Gasteiger partial charge in [0.05, 0.1) is 0 Å². The number of amides is 1. The van der Waals surface area contributed by atoms with Gasteiger partial charge in [0.25, 0.3) is 0 Å². The van der Waals surface area contributed by atoms with Crippen molar-refractivity contribution < 1.29 is 4.79 Å². The molecule has 3 nitrogen and oxygen atoms in total. The summed E-state index contributed by atoms with van der Waals surface area (Å²) in [5, 5.41) is 6.91. The molecule has 2 aromatic carbocycles. The molecule has 2 aliphatic rings. The average Bonchev–Trinajstić information content (AvgIpc) is 3.49. The maximum absolute atomic E-state index is 12.8. The summed E-state index contributed by atoms with van der Waals surface area (Å²) < 4.78 is 0. The van der Waals surface area contributed by atoms with Crippen molar-refractivity contribution in [1.82, 2.24) is 5.32 Å². The Balaban J connectivity index is 1.50. The summed E-state index contributed by atoms with van der Waals surface area (Å²) in [6.07, 6.45) is 12.8. The molecule has 0 atom stereocenters. The number of nitrogens with one attached hydrogen (secondary N) is 2. The molecule has 0 saturated heterocycles. The molecule has 0 radical (unpaired) electrons. The highest BCUT2D eigenvalue weighted by atomic mass is 16.1. The van der Waals surface area contributed by atoms with Crippen LogP contribution in [0.5, 0.6) is 0 Å². The summed E-state index contributed by atoms with van der Waals surface area (Å²) >= 11 is 0. The molecule has 0 spiro atoms. The first-order chi connectivity index (χ1) is 15.5. The Morgan fingerprint density at radius 1 is 0.906 bits per heavy atom. The Morgan fingerprint density at radius 2 is 1.53 bits per heavy atom. The van der Waals surface area contributed by atoms with Gasteiger partial charge in [0.15, 0.2) is 0 Å². The Labute approximate surface area is 193 Å². The highest BCUT2D eigenvalue weighted by Crippen LogP contribution is 2.30. The molecular formula is C29H38N2O. The first kappa shape index (κ1) is 22.6. The highest BCUT2D eigenvalue weighted by molar-refractivity contribution is 5.98. The summed E-state index contributed by atoms with van der Waals surface area (Å²) in [5.41, 5.74) is 8.19. The van der Waals surface area contributed by atoms with Crippen LogP contribution in [0.15, 0.2) is 42.0 Å². The van der Waals surface area contributed by atoms with E-state index in [-0.39, 0.29) is 5.91 Å². The second kappa shape index (κ2) is 10.4. The van der Waals surface area contributed by atoms with Crippen molar-refractivity contribution >= 4 is 17.7 Å². The predicted molar refractivity (Wildman–Crippen MR) is 136 cm³/mol. The Morgan fingerprint density at radius 3 is 2.16 bits per heavy atom. The van der Waals surface area contributed by atoms with Crippen LogP contribution >= 0.6 is 0 Å². The molecule has 3 heteroatoms. The molecule has 2 aliphatic carbocycles. The zero-order valence-corrected chi connectivity index (χ0v) is 20.0. The van der Waals surface area contributed by atoms with Gasteiger partial charge in [-0.1, -0.05) is 56.9 Å². The smallest absolute Gasteiger partial charge is 0.247 e. The lowest BCUT2D eigenvalue weighted by atomic mass is 9.93. The zero-order valence-electron chi connectivity index (χ0n) is 20.0. The Bertz CT molecular complexity index is 961. The molecule has 0 bridgehead atoms. The molecule has 0 aliphatic heterocycles. The lowest BCUT2D eigenvalue weighted by Crippen LogP contribution is -2.33. The minimum Gasteiger partial charge on any atom is -0.382 e. The first-order valence-corrected chi connectivity index (χ1v) is 12.5. The topological polar surface area (TPSA) is 41.1 Å². The van der Waals surface area contributed by atoms with Crippen LogP contribution in [0.3, 0.4) is 0 Å². The third-order valence-corrected chi connectivity index (χ3v) is 7.23. The molecule has 4 rings (SSSR count). The van der Waals surface area contributed by atoms with Gasteiger partial charge >= 0.3 is 0 Å². The van der Waals surface area contributed by atoms with E-state index >= 15 is 0 Å². The monoisotopic (exact) mass is 430 g/mol. The number of rotatable bonds is 7. The van der Waals surface area contributed by atoms with E-state index in [4.69, 9.17) is 0 Å². The van der Waals surface area contributed by atoms with Crippen LogP contribution in [-0.4, -0.2) is 18.0 Å². The summed E-state index contributed by atoms with van der Waals surface area (Å²) in [6, 6.07) is 14.3. The van der Waals surface area contributed by atoms with Gasteiger partial charge in [0.1, 0.15) is 0 Å². The van der Waals surface area contributed by atoms with Crippen molar-refractivity contribution in [2.75, 3.05) is 5.32 Å². The molecule has 2 aromatic rings. The van der Waals surface area contributed by atoms with Crippen molar-refractivity contribution in [3.8, 4) is 11.1 Å². The quantitative estimate of drug-likeness (QED) is 0.457. The maximum atomic E-state index is 12.8. The largest absolute Gasteiger partial charge is 0.382 e. The van der Waals surface area contributed by atoms with Crippen LogP contribution in [0, 0.1) is 13.8 Å². The fraction of sp³-hybridized carbons (Fsp3) is 0.483. The number of benzene rings is 2. The summed E-state index contributed by atoms with van der Waals surface area (Å²) in [6.45, 7) is 6.38. The van der Waals surface area contributed by atoms with Gasteiger partial charge in [-0.2, -0.15) is 0 Å². The predicted octanol–water partition coefficient (Wildman–Crippen LogP) is 7.18. The third kappa shape index (κ3) is 5.43. The number of aryl methyl sites for hydroxylation is 2. The summed E-state index contributed by atoms with van der Waals surface area (Å²) in [7, 11) is 0. The van der Waals surface area contributed by atoms with E-state index in [0.717, 1.165) is 30.4 Å². The number of hydrogen-bond donors (Lipinski definition) is 2. The minimum atomic E-state index is 0.103. The van der Waals surface area contributed by atoms with E-state index < -0.39 is 0 Å². The maximum Gasteiger partial charge on any atom is 0.247 e. The highest BCUT2D eigenvalue weighted by Gasteiger charge is 2.19. The fourth-order valence-corrected chi connectivity index (χ4v) is 5.22. The molecule has 2 N–H and O–H groups in total. The number of anilines is 1. The molecule has 2 fully saturated rings. The van der Waals surface area contributed by atoms with Crippen LogP contribution in [0.1, 0.15) is 81.4 Å². The fourth-order valence-electron chi connectivity index (χ4n) is 5.22. The van der Waals surface area contributed by atoms with Crippen molar-refractivity contribution in [3.63, 3.8) is 0 Å². The van der Waals surface area contributed by atoms with Crippen molar-refractivity contribution in [1.29, 1.82) is 0 Å². The van der Waals surface area contributed by atoms with Crippen LogP contribution < -0.4 is 10.6 Å². The molecule has 0 unspecified atom stereocenters.